The molecule has 22 heavy (non-hydrogen) atoms. The van der Waals surface area contributed by atoms with Crippen LogP contribution in [0.2, 0.25) is 0 Å². The average Bonchev–Trinajstić information content (AvgIpc) is 3.18. The van der Waals surface area contributed by atoms with E-state index in [9.17, 15) is 8.42 Å². The number of benzene rings is 1. The van der Waals surface area contributed by atoms with Crippen LogP contribution in [0.15, 0.2) is 39.8 Å². The first-order valence-corrected chi connectivity index (χ1v) is 8.64. The Morgan fingerprint density at radius 2 is 2.05 bits per heavy atom. The van der Waals surface area contributed by atoms with Gasteiger partial charge in [0.05, 0.1) is 4.90 Å². The molecule has 0 bridgehead atoms. The predicted octanol–water partition coefficient (Wildman–Crippen LogP) is 1.63. The van der Waals surface area contributed by atoms with Crippen LogP contribution in [0, 0.1) is 6.92 Å². The van der Waals surface area contributed by atoms with Crippen molar-refractivity contribution in [3.05, 3.63) is 36.4 Å². The lowest BCUT2D eigenvalue weighted by Crippen LogP contribution is -2.38. The maximum atomic E-state index is 12.6. The summed E-state index contributed by atoms with van der Waals surface area (Å²) in [6.45, 7) is 3.33. The Hall–Kier alpha value is -1.70. The predicted molar refractivity (Wildman–Crippen MR) is 82.9 cm³/mol. The molecule has 0 spiro atoms. The van der Waals surface area contributed by atoms with Gasteiger partial charge in [-0.05, 0) is 25.1 Å². The first-order valence-electron chi connectivity index (χ1n) is 7.20. The molecular weight excluding hydrogens is 302 g/mol. The highest BCUT2D eigenvalue weighted by atomic mass is 32.2. The number of aromatic nitrogens is 1. The Morgan fingerprint density at radius 1 is 1.32 bits per heavy atom. The van der Waals surface area contributed by atoms with Crippen molar-refractivity contribution in [2.24, 2.45) is 0 Å². The third-order valence-electron chi connectivity index (χ3n) is 3.99. The van der Waals surface area contributed by atoms with Crippen LogP contribution in [0.4, 0.5) is 0 Å². The minimum atomic E-state index is -3.47. The van der Waals surface area contributed by atoms with Gasteiger partial charge >= 0.3 is 0 Å². The van der Waals surface area contributed by atoms with Gasteiger partial charge < -0.3 is 9.73 Å². The van der Waals surface area contributed by atoms with Gasteiger partial charge in [0.15, 0.2) is 5.89 Å². The molecule has 1 saturated heterocycles. The summed E-state index contributed by atoms with van der Waals surface area (Å²) in [5.41, 5.74) is 1.54. The zero-order valence-corrected chi connectivity index (χ0v) is 13.4. The molecule has 7 heteroatoms. The lowest BCUT2D eigenvalue weighted by Gasteiger charge is -2.23. The van der Waals surface area contributed by atoms with E-state index in [4.69, 9.17) is 4.42 Å². The van der Waals surface area contributed by atoms with Crippen LogP contribution in [-0.2, 0) is 10.0 Å². The maximum absolute atomic E-state index is 12.6. The molecule has 1 aliphatic rings. The standard InChI is InChI=1S/C15H19N3O3S/c1-11-17-15(10-21-11)12-3-5-14(6-4-12)22(19,20)18(2)13-7-8-16-9-13/h3-6,10,13,16H,7-9H2,1-2H3. The number of nitrogens with one attached hydrogen (secondary N) is 1. The van der Waals surface area contributed by atoms with Gasteiger partial charge in [-0.3, -0.25) is 0 Å². The first-order chi connectivity index (χ1) is 10.5. The van der Waals surface area contributed by atoms with Crippen LogP contribution < -0.4 is 5.32 Å². The molecule has 1 N–H and O–H groups in total. The van der Waals surface area contributed by atoms with Gasteiger partial charge in [0.25, 0.3) is 0 Å². The lowest BCUT2D eigenvalue weighted by atomic mass is 10.2. The quantitative estimate of drug-likeness (QED) is 0.926. The number of rotatable bonds is 4. The molecule has 0 radical (unpaired) electrons. The molecule has 1 atom stereocenters. The molecule has 118 valence electrons. The number of hydrogen-bond acceptors (Lipinski definition) is 5. The number of aryl methyl sites for hydroxylation is 1. The van der Waals surface area contributed by atoms with Gasteiger partial charge in [-0.25, -0.2) is 13.4 Å². The van der Waals surface area contributed by atoms with Crippen molar-refractivity contribution in [1.29, 1.82) is 0 Å². The summed E-state index contributed by atoms with van der Waals surface area (Å²) in [5, 5.41) is 3.18. The van der Waals surface area contributed by atoms with Crippen LogP contribution in [0.25, 0.3) is 11.3 Å². The molecule has 1 aromatic carbocycles. The van der Waals surface area contributed by atoms with E-state index in [0.717, 1.165) is 18.5 Å². The Kier molecular flexibility index (Phi) is 4.03. The molecule has 6 nitrogen and oxygen atoms in total. The molecule has 2 aromatic rings. The molecular formula is C15H19N3O3S. The van der Waals surface area contributed by atoms with Gasteiger partial charge in [0.2, 0.25) is 10.0 Å². The second-order valence-corrected chi connectivity index (χ2v) is 7.44. The highest BCUT2D eigenvalue weighted by Crippen LogP contribution is 2.23. The molecule has 0 aliphatic carbocycles. The summed E-state index contributed by atoms with van der Waals surface area (Å²) in [6.07, 6.45) is 2.40. The molecule has 2 heterocycles. The summed E-state index contributed by atoms with van der Waals surface area (Å²) >= 11 is 0. The summed E-state index contributed by atoms with van der Waals surface area (Å²) in [7, 11) is -1.83. The second kappa shape index (κ2) is 5.83. The summed E-state index contributed by atoms with van der Waals surface area (Å²) < 4.78 is 31.9. The highest BCUT2D eigenvalue weighted by molar-refractivity contribution is 7.89. The van der Waals surface area contributed by atoms with Crippen LogP contribution >= 0.6 is 0 Å². The Morgan fingerprint density at radius 3 is 2.59 bits per heavy atom. The van der Waals surface area contributed by atoms with Crippen LogP contribution in [0.1, 0.15) is 12.3 Å². The number of nitrogens with zero attached hydrogens (tertiary/aromatic N) is 2. The summed E-state index contributed by atoms with van der Waals surface area (Å²) in [6, 6.07) is 6.76. The van der Waals surface area contributed by atoms with E-state index in [-0.39, 0.29) is 6.04 Å². The second-order valence-electron chi connectivity index (χ2n) is 5.44. The lowest BCUT2D eigenvalue weighted by molar-refractivity contribution is 0.388. The van der Waals surface area contributed by atoms with E-state index in [1.54, 1.807) is 44.5 Å². The summed E-state index contributed by atoms with van der Waals surface area (Å²) in [4.78, 5) is 4.53. The minimum Gasteiger partial charge on any atom is -0.449 e. The van der Waals surface area contributed by atoms with Crippen molar-refractivity contribution in [3.8, 4) is 11.3 Å². The SMILES string of the molecule is Cc1nc(-c2ccc(S(=O)(=O)N(C)C3CCNC3)cc2)co1. The van der Waals surface area contributed by atoms with Gasteiger partial charge in [0, 0.05) is 32.1 Å². The first kappa shape index (κ1) is 15.2. The number of hydrogen-bond donors (Lipinski definition) is 1. The third-order valence-corrected chi connectivity index (χ3v) is 5.92. The van der Waals surface area contributed by atoms with Crippen molar-refractivity contribution in [3.63, 3.8) is 0 Å². The largest absolute Gasteiger partial charge is 0.449 e. The fourth-order valence-electron chi connectivity index (χ4n) is 2.61. The maximum Gasteiger partial charge on any atom is 0.243 e. The Labute approximate surface area is 130 Å². The van der Waals surface area contributed by atoms with E-state index >= 15 is 0 Å². The number of likely N-dealkylation sites (N-methyl/N-ethyl adjacent to an activating group) is 1. The van der Waals surface area contributed by atoms with Gasteiger partial charge in [-0.15, -0.1) is 0 Å². The van der Waals surface area contributed by atoms with E-state index in [1.807, 2.05) is 0 Å². The summed E-state index contributed by atoms with van der Waals surface area (Å²) in [5.74, 6) is 0.583. The van der Waals surface area contributed by atoms with E-state index in [1.165, 1.54) is 4.31 Å². The fourth-order valence-corrected chi connectivity index (χ4v) is 3.99. The van der Waals surface area contributed by atoms with Crippen molar-refractivity contribution in [2.75, 3.05) is 20.1 Å². The van der Waals surface area contributed by atoms with Crippen molar-refractivity contribution >= 4 is 10.0 Å². The Bertz CT molecular complexity index is 747. The van der Waals surface area contributed by atoms with Gasteiger partial charge in [-0.1, -0.05) is 12.1 Å². The van der Waals surface area contributed by atoms with E-state index in [2.05, 4.69) is 10.3 Å². The molecule has 0 saturated carbocycles. The number of sulfonamides is 1. The molecule has 3 rings (SSSR count). The molecule has 1 unspecified atom stereocenters. The zero-order valence-electron chi connectivity index (χ0n) is 12.6. The highest BCUT2D eigenvalue weighted by Gasteiger charge is 2.29. The number of oxazole rings is 1. The Balaban J connectivity index is 1.85. The van der Waals surface area contributed by atoms with Crippen LogP contribution in [0.3, 0.4) is 0 Å². The normalized spacial score (nSPS) is 19.0. The molecule has 1 fully saturated rings. The molecule has 1 aromatic heterocycles. The van der Waals surface area contributed by atoms with Crippen LogP contribution in [-0.4, -0.2) is 43.9 Å². The molecule has 1 aliphatic heterocycles. The monoisotopic (exact) mass is 321 g/mol. The van der Waals surface area contributed by atoms with E-state index in [0.29, 0.717) is 23.0 Å². The topological polar surface area (TPSA) is 75.4 Å². The third kappa shape index (κ3) is 2.79. The van der Waals surface area contributed by atoms with Gasteiger partial charge in [0.1, 0.15) is 12.0 Å². The van der Waals surface area contributed by atoms with Crippen molar-refractivity contribution in [2.45, 2.75) is 24.3 Å². The zero-order chi connectivity index (χ0) is 15.7. The van der Waals surface area contributed by atoms with Crippen molar-refractivity contribution < 1.29 is 12.8 Å². The van der Waals surface area contributed by atoms with Gasteiger partial charge in [-0.2, -0.15) is 4.31 Å². The fraction of sp³-hybridized carbons (Fsp3) is 0.400. The van der Waals surface area contributed by atoms with E-state index < -0.39 is 10.0 Å². The average molecular weight is 321 g/mol. The molecule has 0 amide bonds. The smallest absolute Gasteiger partial charge is 0.243 e. The minimum absolute atomic E-state index is 0.0165. The van der Waals surface area contributed by atoms with Crippen molar-refractivity contribution in [1.82, 2.24) is 14.6 Å². The van der Waals surface area contributed by atoms with Crippen LogP contribution in [0.5, 0.6) is 0 Å².